The van der Waals surface area contributed by atoms with Crippen molar-refractivity contribution in [2.45, 2.75) is 0 Å². The first-order valence-electron chi connectivity index (χ1n) is 5.41. The number of pyridine rings is 1. The molecule has 1 heterocycles. The number of hydrogen-bond acceptors (Lipinski definition) is 4. The predicted molar refractivity (Wildman–Crippen MR) is 68.2 cm³/mol. The van der Waals surface area contributed by atoms with Gasteiger partial charge in [-0.05, 0) is 18.2 Å². The maximum absolute atomic E-state index is 10.8. The van der Waals surface area contributed by atoms with Gasteiger partial charge in [-0.15, -0.1) is 0 Å². The molecule has 0 spiro atoms. The number of aromatic nitrogens is 1. The van der Waals surface area contributed by atoms with Crippen LogP contribution in [0.1, 0.15) is 10.4 Å². The van der Waals surface area contributed by atoms with E-state index in [4.69, 9.17) is 9.47 Å². The van der Waals surface area contributed by atoms with E-state index >= 15 is 0 Å². The summed E-state index contributed by atoms with van der Waals surface area (Å²) >= 11 is 0. The molecule has 0 N–H and O–H groups in total. The molecular weight excluding hydrogens is 230 g/mol. The van der Waals surface area contributed by atoms with E-state index in [2.05, 4.69) is 4.98 Å². The zero-order valence-electron chi connectivity index (χ0n) is 10.2. The Labute approximate surface area is 105 Å². The minimum atomic E-state index is 0.514. The van der Waals surface area contributed by atoms with Gasteiger partial charge in [-0.25, -0.2) is 0 Å². The Kier molecular flexibility index (Phi) is 3.57. The molecular formula is C14H13NO3. The molecule has 92 valence electrons. The zero-order valence-corrected chi connectivity index (χ0v) is 10.2. The fourth-order valence-electron chi connectivity index (χ4n) is 1.79. The third kappa shape index (κ3) is 2.18. The first-order valence-corrected chi connectivity index (χ1v) is 5.41. The normalized spacial score (nSPS) is 9.89. The highest BCUT2D eigenvalue weighted by Gasteiger charge is 2.12. The lowest BCUT2D eigenvalue weighted by Gasteiger charge is -2.12. The van der Waals surface area contributed by atoms with Crippen molar-refractivity contribution in [2.75, 3.05) is 14.2 Å². The summed E-state index contributed by atoms with van der Waals surface area (Å²) in [6, 6.07) is 7.27. The third-order valence-corrected chi connectivity index (χ3v) is 2.61. The van der Waals surface area contributed by atoms with Crippen LogP contribution in [0, 0.1) is 0 Å². The summed E-state index contributed by atoms with van der Waals surface area (Å²) < 4.78 is 10.6. The highest BCUT2D eigenvalue weighted by Crippen LogP contribution is 2.37. The van der Waals surface area contributed by atoms with Crippen LogP contribution >= 0.6 is 0 Å². The Morgan fingerprint density at radius 3 is 2.33 bits per heavy atom. The standard InChI is InChI=1S/C14H13NO3/c1-17-12-4-3-5-13(18-2)14(12)11-6-10(9-16)7-15-8-11/h3-9H,1-2H3. The average molecular weight is 243 g/mol. The van der Waals surface area contributed by atoms with Crippen LogP contribution in [-0.4, -0.2) is 25.5 Å². The van der Waals surface area contributed by atoms with E-state index in [1.807, 2.05) is 18.2 Å². The van der Waals surface area contributed by atoms with Crippen LogP contribution < -0.4 is 9.47 Å². The van der Waals surface area contributed by atoms with Crippen LogP contribution in [0.5, 0.6) is 11.5 Å². The lowest BCUT2D eigenvalue weighted by atomic mass is 10.0. The van der Waals surface area contributed by atoms with Crippen molar-refractivity contribution in [3.8, 4) is 22.6 Å². The molecule has 0 saturated heterocycles. The molecule has 1 aromatic carbocycles. The maximum Gasteiger partial charge on any atom is 0.151 e. The molecule has 4 nitrogen and oxygen atoms in total. The molecule has 0 aliphatic heterocycles. The second-order valence-corrected chi connectivity index (χ2v) is 3.66. The Morgan fingerprint density at radius 1 is 1.11 bits per heavy atom. The second kappa shape index (κ2) is 5.31. The highest BCUT2D eigenvalue weighted by atomic mass is 16.5. The quantitative estimate of drug-likeness (QED) is 0.774. The van der Waals surface area contributed by atoms with Gasteiger partial charge in [-0.1, -0.05) is 6.07 Å². The van der Waals surface area contributed by atoms with E-state index in [1.54, 1.807) is 26.5 Å². The molecule has 2 rings (SSSR count). The molecule has 0 bridgehead atoms. The first-order chi connectivity index (χ1) is 8.80. The molecule has 18 heavy (non-hydrogen) atoms. The number of nitrogens with zero attached hydrogens (tertiary/aromatic N) is 1. The van der Waals surface area contributed by atoms with Gasteiger partial charge in [0.2, 0.25) is 0 Å². The average Bonchev–Trinajstić information content (AvgIpc) is 2.46. The molecule has 0 atom stereocenters. The van der Waals surface area contributed by atoms with Crippen molar-refractivity contribution in [1.29, 1.82) is 0 Å². The van der Waals surface area contributed by atoms with Gasteiger partial charge in [-0.2, -0.15) is 0 Å². The minimum Gasteiger partial charge on any atom is -0.496 e. The van der Waals surface area contributed by atoms with E-state index in [0.29, 0.717) is 17.1 Å². The van der Waals surface area contributed by atoms with E-state index in [1.165, 1.54) is 6.20 Å². The topological polar surface area (TPSA) is 48.4 Å². The molecule has 0 saturated carbocycles. The van der Waals surface area contributed by atoms with E-state index in [0.717, 1.165) is 17.4 Å². The summed E-state index contributed by atoms with van der Waals surface area (Å²) in [5.41, 5.74) is 2.09. The lowest BCUT2D eigenvalue weighted by Crippen LogP contribution is -1.94. The second-order valence-electron chi connectivity index (χ2n) is 3.66. The van der Waals surface area contributed by atoms with Crippen molar-refractivity contribution in [3.05, 3.63) is 42.2 Å². The van der Waals surface area contributed by atoms with Crippen LogP contribution in [0.4, 0.5) is 0 Å². The van der Waals surface area contributed by atoms with Gasteiger partial charge in [-0.3, -0.25) is 9.78 Å². The summed E-state index contributed by atoms with van der Waals surface area (Å²) in [6.07, 6.45) is 3.95. The summed E-state index contributed by atoms with van der Waals surface area (Å²) in [5.74, 6) is 1.36. The van der Waals surface area contributed by atoms with Gasteiger partial charge in [0.1, 0.15) is 11.5 Å². The van der Waals surface area contributed by atoms with E-state index in [9.17, 15) is 4.79 Å². The Morgan fingerprint density at radius 2 is 1.78 bits per heavy atom. The van der Waals surface area contributed by atoms with Crippen LogP contribution in [0.15, 0.2) is 36.7 Å². The van der Waals surface area contributed by atoms with Crippen molar-refractivity contribution >= 4 is 6.29 Å². The van der Waals surface area contributed by atoms with E-state index in [-0.39, 0.29) is 0 Å². The summed E-state index contributed by atoms with van der Waals surface area (Å²) in [7, 11) is 3.19. The summed E-state index contributed by atoms with van der Waals surface area (Å²) in [6.45, 7) is 0. The lowest BCUT2D eigenvalue weighted by molar-refractivity contribution is 0.112. The highest BCUT2D eigenvalue weighted by molar-refractivity contribution is 5.82. The molecule has 2 aromatic rings. The van der Waals surface area contributed by atoms with Gasteiger partial charge in [0.05, 0.1) is 19.8 Å². The van der Waals surface area contributed by atoms with Crippen molar-refractivity contribution in [2.24, 2.45) is 0 Å². The largest absolute Gasteiger partial charge is 0.496 e. The molecule has 0 fully saturated rings. The van der Waals surface area contributed by atoms with Crippen molar-refractivity contribution in [3.63, 3.8) is 0 Å². The Bertz CT molecular complexity index is 544. The number of carbonyl (C=O) groups excluding carboxylic acids is 1. The number of benzene rings is 1. The Balaban J connectivity index is 2.64. The molecule has 0 amide bonds. The maximum atomic E-state index is 10.8. The molecule has 0 radical (unpaired) electrons. The van der Waals surface area contributed by atoms with Crippen LogP contribution in [0.2, 0.25) is 0 Å². The van der Waals surface area contributed by atoms with Gasteiger partial charge >= 0.3 is 0 Å². The van der Waals surface area contributed by atoms with Gasteiger partial charge in [0, 0.05) is 23.5 Å². The minimum absolute atomic E-state index is 0.514. The van der Waals surface area contributed by atoms with Gasteiger partial charge in [0.15, 0.2) is 6.29 Å². The van der Waals surface area contributed by atoms with E-state index < -0.39 is 0 Å². The van der Waals surface area contributed by atoms with Crippen LogP contribution in [0.3, 0.4) is 0 Å². The molecule has 1 aromatic heterocycles. The van der Waals surface area contributed by atoms with Gasteiger partial charge < -0.3 is 9.47 Å². The zero-order chi connectivity index (χ0) is 13.0. The summed E-state index contributed by atoms with van der Waals surface area (Å²) in [5, 5.41) is 0. The fraction of sp³-hybridized carbons (Fsp3) is 0.143. The molecule has 4 heteroatoms. The smallest absolute Gasteiger partial charge is 0.151 e. The fourth-order valence-corrected chi connectivity index (χ4v) is 1.79. The number of aldehydes is 1. The van der Waals surface area contributed by atoms with Crippen molar-refractivity contribution < 1.29 is 14.3 Å². The summed E-state index contributed by atoms with van der Waals surface area (Å²) in [4.78, 5) is 14.8. The molecule has 0 aliphatic rings. The Hall–Kier alpha value is -2.36. The van der Waals surface area contributed by atoms with Gasteiger partial charge in [0.25, 0.3) is 0 Å². The number of ether oxygens (including phenoxy) is 2. The number of hydrogen-bond donors (Lipinski definition) is 0. The molecule has 0 aliphatic carbocycles. The molecule has 0 unspecified atom stereocenters. The SMILES string of the molecule is COc1cccc(OC)c1-c1cncc(C=O)c1. The predicted octanol–water partition coefficient (Wildman–Crippen LogP) is 2.58. The van der Waals surface area contributed by atoms with Crippen molar-refractivity contribution in [1.82, 2.24) is 4.98 Å². The first kappa shape index (κ1) is 12.1. The number of rotatable bonds is 4. The number of carbonyl (C=O) groups is 1. The number of methoxy groups -OCH3 is 2. The third-order valence-electron chi connectivity index (χ3n) is 2.61. The monoisotopic (exact) mass is 243 g/mol. The van der Waals surface area contributed by atoms with Crippen LogP contribution in [0.25, 0.3) is 11.1 Å². The van der Waals surface area contributed by atoms with Crippen LogP contribution in [-0.2, 0) is 0 Å².